The van der Waals surface area contributed by atoms with Gasteiger partial charge in [-0.25, -0.2) is 4.98 Å². The predicted molar refractivity (Wildman–Crippen MR) is 49.1 cm³/mol. The molecule has 0 aliphatic rings. The van der Waals surface area contributed by atoms with E-state index in [1.807, 2.05) is 13.0 Å². The quantitative estimate of drug-likeness (QED) is 0.718. The van der Waals surface area contributed by atoms with E-state index in [9.17, 15) is 0 Å². The lowest BCUT2D eigenvalue weighted by atomic mass is 10.1. The fourth-order valence-electron chi connectivity index (χ4n) is 0.890. The van der Waals surface area contributed by atoms with E-state index in [2.05, 4.69) is 4.98 Å². The number of pyridine rings is 1. The van der Waals surface area contributed by atoms with Crippen LogP contribution in [-0.2, 0) is 0 Å². The monoisotopic (exact) mass is 183 g/mol. The normalized spacial score (nSPS) is 12.2. The highest BCUT2D eigenvalue weighted by molar-refractivity contribution is 6.90. The largest absolute Gasteiger partial charge is 0.534 e. The Morgan fingerprint density at radius 1 is 1.75 bits per heavy atom. The van der Waals surface area contributed by atoms with Crippen molar-refractivity contribution in [3.63, 3.8) is 0 Å². The maximum atomic E-state index is 5.67. The molecule has 0 saturated heterocycles. The molecule has 0 amide bonds. The van der Waals surface area contributed by atoms with Crippen LogP contribution in [0.25, 0.3) is 0 Å². The molecular weight excluding hydrogens is 174 g/mol. The van der Waals surface area contributed by atoms with Crippen LogP contribution < -0.4 is 10.4 Å². The van der Waals surface area contributed by atoms with Gasteiger partial charge in [0, 0.05) is 17.8 Å². The zero-order chi connectivity index (χ0) is 8.97. The molecule has 1 heterocycles. The third-order valence-corrected chi connectivity index (χ3v) is 1.54. The molecule has 5 heteroatoms. The van der Waals surface area contributed by atoms with E-state index in [0.717, 1.165) is 12.5 Å². The Labute approximate surface area is 77.1 Å². The zero-order valence-electron chi connectivity index (χ0n) is 6.70. The van der Waals surface area contributed by atoms with Gasteiger partial charge in [-0.15, -0.1) is 11.5 Å². The van der Waals surface area contributed by atoms with Gasteiger partial charge in [0.15, 0.2) is 0 Å². The average molecular weight is 183 g/mol. The second kappa shape index (κ2) is 4.33. The first kappa shape index (κ1) is 9.35. The Balaban J connectivity index is 2.92. The first-order valence-electron chi connectivity index (χ1n) is 3.54. The molecule has 12 heavy (non-hydrogen) atoms. The molecule has 0 fully saturated rings. The Hall–Kier alpha value is -0.735. The summed E-state index contributed by atoms with van der Waals surface area (Å²) in [5.41, 5.74) is 6.51. The van der Waals surface area contributed by atoms with Crippen molar-refractivity contribution in [2.24, 2.45) is 5.73 Å². The first-order valence-corrected chi connectivity index (χ1v) is 3.98. The van der Waals surface area contributed by atoms with Crippen molar-refractivity contribution >= 4 is 18.4 Å². The third kappa shape index (κ3) is 2.12. The molecule has 0 unspecified atom stereocenters. The molecule has 0 bridgehead atoms. The highest BCUT2D eigenvalue weighted by Crippen LogP contribution is 2.19. The zero-order valence-corrected chi connectivity index (χ0v) is 7.45. The van der Waals surface area contributed by atoms with Gasteiger partial charge in [0.1, 0.15) is 0 Å². The van der Waals surface area contributed by atoms with Crippen molar-refractivity contribution in [3.8, 4) is 5.88 Å². The van der Waals surface area contributed by atoms with Gasteiger partial charge in [-0.05, 0) is 13.0 Å². The first-order chi connectivity index (χ1) is 5.75. The molecule has 0 aliphatic carbocycles. The van der Waals surface area contributed by atoms with E-state index in [0.29, 0.717) is 5.88 Å². The fraction of sp³-hybridized carbons (Fsp3) is 0.286. The lowest BCUT2D eigenvalue weighted by Gasteiger charge is -2.10. The number of hydrogen-bond acceptors (Lipinski definition) is 3. The molecule has 1 rings (SSSR count). The van der Waals surface area contributed by atoms with Crippen LogP contribution in [-0.4, -0.2) is 11.9 Å². The molecule has 63 valence electrons. The van der Waals surface area contributed by atoms with E-state index in [4.69, 9.17) is 21.8 Å². The van der Waals surface area contributed by atoms with E-state index < -0.39 is 0 Å². The molecule has 3 nitrogen and oxygen atoms in total. The minimum Gasteiger partial charge on any atom is -0.534 e. The van der Waals surface area contributed by atoms with Gasteiger partial charge in [-0.2, -0.15) is 0 Å². The lowest BCUT2D eigenvalue weighted by Crippen LogP contribution is -2.09. The van der Waals surface area contributed by atoms with Crippen molar-refractivity contribution < 1.29 is 4.65 Å². The molecule has 1 atom stereocenters. The summed E-state index contributed by atoms with van der Waals surface area (Å²) in [6.45, 7) is 2.92. The average Bonchev–Trinajstić information content (AvgIpc) is 2.05. The Morgan fingerprint density at radius 3 is 3.08 bits per heavy atom. The van der Waals surface area contributed by atoms with Gasteiger partial charge in [0.25, 0.3) is 0 Å². The standard InChI is InChI=1S/C7H9BClN2O/c1-5(10)6-3-2-4-11-7(6)12-8-9/h2-5H,10H2,1H3/t5-/m1/s1. The predicted octanol–water partition coefficient (Wildman–Crippen LogP) is 1.25. The fourth-order valence-corrected chi connectivity index (χ4v) is 0.975. The van der Waals surface area contributed by atoms with Crippen molar-refractivity contribution in [1.29, 1.82) is 0 Å². The summed E-state index contributed by atoms with van der Waals surface area (Å²) in [5, 5.41) is 0. The number of hydrogen-bond donors (Lipinski definition) is 1. The summed E-state index contributed by atoms with van der Waals surface area (Å²) in [6, 6.07) is 3.55. The Kier molecular flexibility index (Phi) is 3.38. The van der Waals surface area contributed by atoms with Crippen LogP contribution in [0.2, 0.25) is 0 Å². The summed E-state index contributed by atoms with van der Waals surface area (Å²) >= 11 is 5.28. The van der Waals surface area contributed by atoms with E-state index >= 15 is 0 Å². The van der Waals surface area contributed by atoms with Crippen molar-refractivity contribution in [1.82, 2.24) is 4.98 Å². The maximum Gasteiger partial charge on any atom is 0.496 e. The van der Waals surface area contributed by atoms with Crippen LogP contribution in [0.1, 0.15) is 18.5 Å². The number of nitrogens with two attached hydrogens (primary N) is 1. The Bertz CT molecular complexity index is 257. The third-order valence-electron chi connectivity index (χ3n) is 1.45. The molecule has 1 aromatic heterocycles. The van der Waals surface area contributed by atoms with Gasteiger partial charge < -0.3 is 10.4 Å². The second-order valence-corrected chi connectivity index (χ2v) is 2.57. The van der Waals surface area contributed by atoms with Crippen LogP contribution in [0.4, 0.5) is 0 Å². The minimum absolute atomic E-state index is 0.106. The van der Waals surface area contributed by atoms with Gasteiger partial charge in [-0.1, -0.05) is 6.07 Å². The molecule has 0 saturated carbocycles. The summed E-state index contributed by atoms with van der Waals surface area (Å²) in [7, 11) is 0. The second-order valence-electron chi connectivity index (χ2n) is 2.39. The summed E-state index contributed by atoms with van der Waals surface area (Å²) in [4.78, 5) is 3.97. The van der Waals surface area contributed by atoms with Crippen LogP contribution in [0.3, 0.4) is 0 Å². The maximum absolute atomic E-state index is 5.67. The summed E-state index contributed by atoms with van der Waals surface area (Å²) < 4.78 is 4.95. The highest BCUT2D eigenvalue weighted by atomic mass is 35.5. The molecule has 1 radical (unpaired) electrons. The molecular formula is C7H9BClN2O. The summed E-state index contributed by atoms with van der Waals surface area (Å²) in [6.07, 6.45) is 1.63. The van der Waals surface area contributed by atoms with E-state index in [1.165, 1.54) is 0 Å². The van der Waals surface area contributed by atoms with Crippen LogP contribution >= 0.6 is 11.5 Å². The van der Waals surface area contributed by atoms with Gasteiger partial charge >= 0.3 is 6.90 Å². The molecule has 0 spiro atoms. The number of halogens is 1. The van der Waals surface area contributed by atoms with Crippen molar-refractivity contribution in [3.05, 3.63) is 23.9 Å². The lowest BCUT2D eigenvalue weighted by molar-refractivity contribution is 0.562. The van der Waals surface area contributed by atoms with Crippen molar-refractivity contribution in [2.75, 3.05) is 0 Å². The van der Waals surface area contributed by atoms with Gasteiger partial charge in [0.05, 0.1) is 0 Å². The molecule has 0 aromatic carbocycles. The molecule has 0 aliphatic heterocycles. The smallest absolute Gasteiger partial charge is 0.496 e. The van der Waals surface area contributed by atoms with Crippen molar-refractivity contribution in [2.45, 2.75) is 13.0 Å². The number of rotatable bonds is 3. The molecule has 1 aromatic rings. The Morgan fingerprint density at radius 2 is 2.50 bits per heavy atom. The number of aromatic nitrogens is 1. The topological polar surface area (TPSA) is 48.1 Å². The van der Waals surface area contributed by atoms with Crippen LogP contribution in [0, 0.1) is 0 Å². The van der Waals surface area contributed by atoms with Gasteiger partial charge in [-0.3, -0.25) is 0 Å². The van der Waals surface area contributed by atoms with Crippen LogP contribution in [0.5, 0.6) is 5.88 Å². The SMILES string of the molecule is C[C@@H](N)c1cccnc1O[B]Cl. The van der Waals surface area contributed by atoms with Crippen LogP contribution in [0.15, 0.2) is 18.3 Å². The van der Waals surface area contributed by atoms with E-state index in [-0.39, 0.29) is 6.04 Å². The summed E-state index contributed by atoms with van der Waals surface area (Å²) in [5.74, 6) is 0.461. The highest BCUT2D eigenvalue weighted by Gasteiger charge is 2.07. The number of nitrogens with zero attached hydrogens (tertiary/aromatic N) is 1. The minimum atomic E-state index is -0.106. The van der Waals surface area contributed by atoms with E-state index in [1.54, 1.807) is 12.3 Å². The molecule has 2 N–H and O–H groups in total. The van der Waals surface area contributed by atoms with Gasteiger partial charge in [0.2, 0.25) is 5.88 Å².